The van der Waals surface area contributed by atoms with Gasteiger partial charge in [-0.15, -0.1) is 0 Å². The van der Waals surface area contributed by atoms with Gasteiger partial charge < -0.3 is 4.74 Å². The van der Waals surface area contributed by atoms with Gasteiger partial charge in [0.15, 0.2) is 0 Å². The fourth-order valence-corrected chi connectivity index (χ4v) is 1.18. The Balaban J connectivity index is 2.41. The molecule has 1 aromatic heterocycles. The third-order valence-corrected chi connectivity index (χ3v) is 1.66. The van der Waals surface area contributed by atoms with E-state index in [1.807, 2.05) is 17.7 Å². The monoisotopic (exact) mass is 150 g/mol. The van der Waals surface area contributed by atoms with Crippen LogP contribution in [0, 0.1) is 6.92 Å². The quantitative estimate of drug-likeness (QED) is 0.518. The summed E-state index contributed by atoms with van der Waals surface area (Å²) in [5.74, 6) is 0.856. The number of ether oxygens (including phenoxy) is 1. The third kappa shape index (κ3) is 1.02. The van der Waals surface area contributed by atoms with Crippen molar-refractivity contribution in [2.24, 2.45) is 0 Å². The van der Waals surface area contributed by atoms with Gasteiger partial charge in [0.05, 0.1) is 12.2 Å². The van der Waals surface area contributed by atoms with E-state index in [0.29, 0.717) is 6.61 Å². The topological polar surface area (TPSA) is 27.1 Å². The van der Waals surface area contributed by atoms with Crippen molar-refractivity contribution >= 4 is 0 Å². The predicted molar refractivity (Wildman–Crippen MR) is 41.6 cm³/mol. The summed E-state index contributed by atoms with van der Waals surface area (Å²) in [6.07, 6.45) is 0. The van der Waals surface area contributed by atoms with E-state index in [2.05, 4.69) is 11.7 Å². The summed E-state index contributed by atoms with van der Waals surface area (Å²) in [6, 6.07) is 1.94. The summed E-state index contributed by atoms with van der Waals surface area (Å²) in [4.78, 5) is 0. The molecule has 0 spiro atoms. The zero-order valence-corrected chi connectivity index (χ0v) is 6.50. The predicted octanol–water partition coefficient (Wildman–Crippen LogP) is 1.14. The van der Waals surface area contributed by atoms with Gasteiger partial charge in [-0.1, -0.05) is 6.58 Å². The van der Waals surface area contributed by atoms with Crippen molar-refractivity contribution in [3.8, 4) is 5.88 Å². The smallest absolute Gasteiger partial charge is 0.212 e. The fourth-order valence-electron chi connectivity index (χ4n) is 1.18. The van der Waals surface area contributed by atoms with Crippen LogP contribution in [-0.4, -0.2) is 16.4 Å². The van der Waals surface area contributed by atoms with Crippen molar-refractivity contribution in [1.82, 2.24) is 9.78 Å². The van der Waals surface area contributed by atoms with Gasteiger partial charge in [-0.05, 0) is 12.5 Å². The molecule has 1 aliphatic rings. The summed E-state index contributed by atoms with van der Waals surface area (Å²) < 4.78 is 7.19. The average Bonchev–Trinajstić information content (AvgIpc) is 2.27. The molecule has 0 saturated carbocycles. The van der Waals surface area contributed by atoms with Crippen molar-refractivity contribution < 1.29 is 4.74 Å². The van der Waals surface area contributed by atoms with Crippen molar-refractivity contribution in [1.29, 1.82) is 0 Å². The van der Waals surface area contributed by atoms with Crippen molar-refractivity contribution in [2.45, 2.75) is 13.5 Å². The molecular weight excluding hydrogens is 140 g/mol. The Hall–Kier alpha value is -1.25. The molecule has 0 N–H and O–H groups in total. The van der Waals surface area contributed by atoms with E-state index in [4.69, 9.17) is 4.74 Å². The van der Waals surface area contributed by atoms with Gasteiger partial charge in [0, 0.05) is 6.07 Å². The van der Waals surface area contributed by atoms with E-state index < -0.39 is 0 Å². The van der Waals surface area contributed by atoms with Gasteiger partial charge in [0.25, 0.3) is 0 Å². The molecule has 3 nitrogen and oxygen atoms in total. The summed E-state index contributed by atoms with van der Waals surface area (Å²) in [5, 5.41) is 4.23. The zero-order valence-electron chi connectivity index (χ0n) is 6.50. The lowest BCUT2D eigenvalue weighted by molar-refractivity contribution is 0.279. The largest absolute Gasteiger partial charge is 0.473 e. The number of aryl methyl sites for hydroxylation is 1. The second-order valence-electron chi connectivity index (χ2n) is 2.82. The second-order valence-corrected chi connectivity index (χ2v) is 2.82. The minimum atomic E-state index is 0.630. The molecule has 0 amide bonds. The van der Waals surface area contributed by atoms with Gasteiger partial charge in [0.2, 0.25) is 5.88 Å². The molecule has 0 unspecified atom stereocenters. The standard InChI is InChI=1S/C8H10N2O/c1-6-4-10-8(11-5-6)3-7(2)9-10/h3H,1,4-5H2,2H3. The first-order valence-corrected chi connectivity index (χ1v) is 3.59. The van der Waals surface area contributed by atoms with Crippen molar-refractivity contribution in [3.05, 3.63) is 23.9 Å². The van der Waals surface area contributed by atoms with Crippen LogP contribution in [0.3, 0.4) is 0 Å². The first kappa shape index (κ1) is 6.46. The SMILES string of the molecule is C=C1COc2cc(C)nn2C1. The third-order valence-electron chi connectivity index (χ3n) is 1.66. The van der Waals surface area contributed by atoms with Crippen LogP contribution in [0.4, 0.5) is 0 Å². The lowest BCUT2D eigenvalue weighted by Gasteiger charge is -2.16. The molecule has 3 heteroatoms. The second kappa shape index (κ2) is 2.12. The molecule has 2 rings (SSSR count). The first-order chi connectivity index (χ1) is 5.25. The minimum Gasteiger partial charge on any atom is -0.473 e. The maximum atomic E-state index is 5.36. The summed E-state index contributed by atoms with van der Waals surface area (Å²) in [5.41, 5.74) is 2.07. The van der Waals surface area contributed by atoms with Crippen LogP contribution in [0.1, 0.15) is 5.69 Å². The van der Waals surface area contributed by atoms with Gasteiger partial charge >= 0.3 is 0 Å². The highest BCUT2D eigenvalue weighted by Gasteiger charge is 2.13. The van der Waals surface area contributed by atoms with Crippen LogP contribution in [0.5, 0.6) is 5.88 Å². The van der Waals surface area contributed by atoms with E-state index >= 15 is 0 Å². The molecule has 0 radical (unpaired) electrons. The van der Waals surface area contributed by atoms with E-state index in [1.165, 1.54) is 0 Å². The van der Waals surface area contributed by atoms with Crippen LogP contribution >= 0.6 is 0 Å². The Kier molecular flexibility index (Phi) is 1.24. The van der Waals surface area contributed by atoms with Crippen LogP contribution in [0.2, 0.25) is 0 Å². The maximum absolute atomic E-state index is 5.36. The van der Waals surface area contributed by atoms with E-state index in [0.717, 1.165) is 23.7 Å². The highest BCUT2D eigenvalue weighted by atomic mass is 16.5. The van der Waals surface area contributed by atoms with E-state index in [9.17, 15) is 0 Å². The lowest BCUT2D eigenvalue weighted by Crippen LogP contribution is -2.17. The fraction of sp³-hybridized carbons (Fsp3) is 0.375. The molecule has 0 saturated heterocycles. The van der Waals surface area contributed by atoms with Crippen molar-refractivity contribution in [3.63, 3.8) is 0 Å². The Morgan fingerprint density at radius 3 is 3.36 bits per heavy atom. The maximum Gasteiger partial charge on any atom is 0.212 e. The molecule has 2 heterocycles. The molecule has 0 atom stereocenters. The number of aromatic nitrogens is 2. The minimum absolute atomic E-state index is 0.630. The average molecular weight is 150 g/mol. The molecule has 1 aliphatic heterocycles. The van der Waals surface area contributed by atoms with Gasteiger partial charge in [-0.3, -0.25) is 0 Å². The molecule has 11 heavy (non-hydrogen) atoms. The van der Waals surface area contributed by atoms with Gasteiger partial charge in [-0.25, -0.2) is 4.68 Å². The van der Waals surface area contributed by atoms with E-state index in [1.54, 1.807) is 0 Å². The van der Waals surface area contributed by atoms with Crippen LogP contribution < -0.4 is 4.74 Å². The lowest BCUT2D eigenvalue weighted by atomic mass is 10.3. The normalized spacial score (nSPS) is 15.9. The summed E-state index contributed by atoms with van der Waals surface area (Å²) in [6.45, 7) is 7.22. The molecular formula is C8H10N2O. The van der Waals surface area contributed by atoms with Crippen LogP contribution in [0.25, 0.3) is 0 Å². The van der Waals surface area contributed by atoms with Gasteiger partial charge in [0.1, 0.15) is 6.61 Å². The van der Waals surface area contributed by atoms with Crippen molar-refractivity contribution in [2.75, 3.05) is 6.61 Å². The Morgan fingerprint density at radius 2 is 2.55 bits per heavy atom. The number of hydrogen-bond acceptors (Lipinski definition) is 2. The molecule has 0 bridgehead atoms. The highest BCUT2D eigenvalue weighted by Crippen LogP contribution is 2.19. The summed E-state index contributed by atoms with van der Waals surface area (Å²) >= 11 is 0. The Bertz CT molecular complexity index is 301. The highest BCUT2D eigenvalue weighted by molar-refractivity contribution is 5.19. The number of nitrogens with zero attached hydrogens (tertiary/aromatic N) is 2. The van der Waals surface area contributed by atoms with Crippen LogP contribution in [-0.2, 0) is 6.54 Å². The van der Waals surface area contributed by atoms with E-state index in [-0.39, 0.29) is 0 Å². The number of fused-ring (bicyclic) bond motifs is 1. The van der Waals surface area contributed by atoms with Crippen LogP contribution in [0.15, 0.2) is 18.2 Å². The zero-order chi connectivity index (χ0) is 7.84. The van der Waals surface area contributed by atoms with Gasteiger partial charge in [-0.2, -0.15) is 5.10 Å². The molecule has 0 aromatic carbocycles. The Morgan fingerprint density at radius 1 is 1.73 bits per heavy atom. The molecule has 0 aliphatic carbocycles. The number of hydrogen-bond donors (Lipinski definition) is 0. The molecule has 58 valence electrons. The summed E-state index contributed by atoms with van der Waals surface area (Å²) in [7, 11) is 0. The Labute approximate surface area is 65.3 Å². The molecule has 1 aromatic rings. The molecule has 0 fully saturated rings. The first-order valence-electron chi connectivity index (χ1n) is 3.59. The number of rotatable bonds is 0.